The highest BCUT2D eigenvalue weighted by Crippen LogP contribution is 2.36. The van der Waals surface area contributed by atoms with Gasteiger partial charge in [-0.15, -0.1) is 0 Å². The number of carbonyl (C=O) groups is 1. The van der Waals surface area contributed by atoms with Crippen molar-refractivity contribution < 1.29 is 23.7 Å². The number of hydrogen-bond acceptors (Lipinski definition) is 6. The molecule has 3 atom stereocenters. The second-order valence-electron chi connectivity index (χ2n) is 6.24. The monoisotopic (exact) mass is 316 g/mol. The van der Waals surface area contributed by atoms with Crippen LogP contribution < -0.4 is 5.32 Å². The SMILES string of the molecule is COCCOCCN1C[C@@H]2OC(C)(C)O[C@@H]2[C@@H]1CNC(C)=O. The van der Waals surface area contributed by atoms with Crippen LogP contribution in [0.25, 0.3) is 0 Å². The number of carbonyl (C=O) groups excluding carboxylic acids is 1. The highest BCUT2D eigenvalue weighted by Gasteiger charge is 2.52. The summed E-state index contributed by atoms with van der Waals surface area (Å²) in [5.41, 5.74) is 0. The highest BCUT2D eigenvalue weighted by molar-refractivity contribution is 5.72. The van der Waals surface area contributed by atoms with Gasteiger partial charge in [0.15, 0.2) is 5.79 Å². The fraction of sp³-hybridized carbons (Fsp3) is 0.933. The van der Waals surface area contributed by atoms with E-state index in [1.54, 1.807) is 7.11 Å². The van der Waals surface area contributed by atoms with Crippen LogP contribution in [0.1, 0.15) is 20.8 Å². The van der Waals surface area contributed by atoms with Crippen molar-refractivity contribution in [1.29, 1.82) is 0 Å². The smallest absolute Gasteiger partial charge is 0.216 e. The molecule has 0 unspecified atom stereocenters. The Bertz CT molecular complexity index is 377. The summed E-state index contributed by atoms with van der Waals surface area (Å²) in [6.07, 6.45) is 0.0357. The lowest BCUT2D eigenvalue weighted by atomic mass is 10.1. The quantitative estimate of drug-likeness (QED) is 0.635. The third-order valence-corrected chi connectivity index (χ3v) is 4.00. The van der Waals surface area contributed by atoms with Crippen LogP contribution in [-0.2, 0) is 23.7 Å². The number of methoxy groups -OCH3 is 1. The van der Waals surface area contributed by atoms with Gasteiger partial charge >= 0.3 is 0 Å². The molecule has 0 spiro atoms. The van der Waals surface area contributed by atoms with Crippen LogP contribution in [0.4, 0.5) is 0 Å². The Labute approximate surface area is 132 Å². The summed E-state index contributed by atoms with van der Waals surface area (Å²) in [5.74, 6) is -0.580. The molecule has 2 aliphatic heterocycles. The molecule has 1 N–H and O–H groups in total. The zero-order valence-corrected chi connectivity index (χ0v) is 14.0. The van der Waals surface area contributed by atoms with Gasteiger partial charge < -0.3 is 24.3 Å². The number of fused-ring (bicyclic) bond motifs is 1. The summed E-state index contributed by atoms with van der Waals surface area (Å²) >= 11 is 0. The van der Waals surface area contributed by atoms with Gasteiger partial charge in [0.2, 0.25) is 5.91 Å². The Morgan fingerprint density at radius 2 is 2.09 bits per heavy atom. The lowest BCUT2D eigenvalue weighted by molar-refractivity contribution is -0.161. The summed E-state index contributed by atoms with van der Waals surface area (Å²) in [6, 6.07) is 0.113. The van der Waals surface area contributed by atoms with Crippen LogP contribution in [0.3, 0.4) is 0 Å². The summed E-state index contributed by atoms with van der Waals surface area (Å²) < 4.78 is 22.5. The highest BCUT2D eigenvalue weighted by atomic mass is 16.8. The van der Waals surface area contributed by atoms with Gasteiger partial charge in [-0.25, -0.2) is 0 Å². The number of nitrogens with zero attached hydrogens (tertiary/aromatic N) is 1. The van der Waals surface area contributed by atoms with E-state index < -0.39 is 5.79 Å². The second kappa shape index (κ2) is 7.70. The van der Waals surface area contributed by atoms with Crippen molar-refractivity contribution in [1.82, 2.24) is 10.2 Å². The largest absolute Gasteiger partial charge is 0.382 e. The standard InChI is InChI=1S/C15H28N2O5/c1-11(18)16-9-12-14-13(21-15(2,3)22-14)10-17(12)5-6-20-8-7-19-4/h12-14H,5-10H2,1-4H3,(H,16,18)/t12-,13-,14+/m0/s1. The minimum absolute atomic E-state index is 0.0131. The molecule has 128 valence electrons. The average molecular weight is 316 g/mol. The first-order chi connectivity index (χ1) is 10.4. The van der Waals surface area contributed by atoms with E-state index in [0.717, 1.165) is 13.1 Å². The number of nitrogens with one attached hydrogen (secondary N) is 1. The summed E-state index contributed by atoms with van der Waals surface area (Å²) in [6.45, 7) is 9.35. The van der Waals surface area contributed by atoms with Crippen molar-refractivity contribution >= 4 is 5.91 Å². The molecule has 0 aromatic carbocycles. The second-order valence-corrected chi connectivity index (χ2v) is 6.24. The minimum atomic E-state index is -0.551. The molecule has 0 radical (unpaired) electrons. The summed E-state index contributed by atoms with van der Waals surface area (Å²) in [4.78, 5) is 13.5. The van der Waals surface area contributed by atoms with Crippen molar-refractivity contribution in [2.24, 2.45) is 0 Å². The maximum absolute atomic E-state index is 11.2. The van der Waals surface area contributed by atoms with E-state index in [1.165, 1.54) is 6.92 Å². The fourth-order valence-electron chi connectivity index (χ4n) is 3.08. The topological polar surface area (TPSA) is 69.3 Å². The number of likely N-dealkylation sites (tertiary alicyclic amines) is 1. The molecule has 0 aliphatic carbocycles. The first kappa shape index (κ1) is 17.6. The number of rotatable bonds is 8. The van der Waals surface area contributed by atoms with Crippen molar-refractivity contribution in [3.63, 3.8) is 0 Å². The molecular formula is C15H28N2O5. The fourth-order valence-corrected chi connectivity index (χ4v) is 3.08. The van der Waals surface area contributed by atoms with Crippen LogP contribution >= 0.6 is 0 Å². The van der Waals surface area contributed by atoms with Crippen molar-refractivity contribution in [2.45, 2.75) is 44.8 Å². The van der Waals surface area contributed by atoms with E-state index in [-0.39, 0.29) is 24.2 Å². The number of amides is 1. The molecule has 7 heteroatoms. The van der Waals surface area contributed by atoms with Crippen molar-refractivity contribution in [3.8, 4) is 0 Å². The van der Waals surface area contributed by atoms with E-state index in [2.05, 4.69) is 10.2 Å². The van der Waals surface area contributed by atoms with Gasteiger partial charge in [0.25, 0.3) is 0 Å². The van der Waals surface area contributed by atoms with Gasteiger partial charge in [-0.1, -0.05) is 0 Å². The van der Waals surface area contributed by atoms with Crippen molar-refractivity contribution in [3.05, 3.63) is 0 Å². The molecule has 2 fully saturated rings. The number of hydrogen-bond donors (Lipinski definition) is 1. The summed E-state index contributed by atoms with van der Waals surface area (Å²) in [5, 5.41) is 2.89. The molecule has 7 nitrogen and oxygen atoms in total. The van der Waals surface area contributed by atoms with Crippen LogP contribution in [0.5, 0.6) is 0 Å². The van der Waals surface area contributed by atoms with E-state index in [9.17, 15) is 4.79 Å². The lowest BCUT2D eigenvalue weighted by Crippen LogP contribution is -2.47. The Morgan fingerprint density at radius 3 is 2.77 bits per heavy atom. The van der Waals surface area contributed by atoms with Gasteiger partial charge in [0.1, 0.15) is 12.2 Å². The van der Waals surface area contributed by atoms with Gasteiger partial charge in [-0.05, 0) is 13.8 Å². The van der Waals surface area contributed by atoms with E-state index in [4.69, 9.17) is 18.9 Å². The third kappa shape index (κ3) is 4.63. The molecule has 0 saturated carbocycles. The molecule has 2 rings (SSSR count). The van der Waals surface area contributed by atoms with Crippen LogP contribution in [0.15, 0.2) is 0 Å². The molecule has 22 heavy (non-hydrogen) atoms. The van der Waals surface area contributed by atoms with E-state index >= 15 is 0 Å². The average Bonchev–Trinajstić information content (AvgIpc) is 2.88. The maximum atomic E-state index is 11.2. The number of ether oxygens (including phenoxy) is 4. The van der Waals surface area contributed by atoms with Crippen LogP contribution in [-0.4, -0.2) is 81.4 Å². The normalized spacial score (nSPS) is 30.5. The van der Waals surface area contributed by atoms with Gasteiger partial charge in [-0.2, -0.15) is 0 Å². The molecule has 2 heterocycles. The molecule has 2 aliphatic rings. The van der Waals surface area contributed by atoms with Crippen LogP contribution in [0.2, 0.25) is 0 Å². The third-order valence-electron chi connectivity index (χ3n) is 4.00. The molecule has 0 aromatic rings. The molecular weight excluding hydrogens is 288 g/mol. The predicted octanol–water partition coefficient (Wildman–Crippen LogP) is -0.0102. The first-order valence-electron chi connectivity index (χ1n) is 7.84. The van der Waals surface area contributed by atoms with E-state index in [0.29, 0.717) is 26.4 Å². The van der Waals surface area contributed by atoms with Gasteiger partial charge in [0, 0.05) is 33.7 Å². The Hall–Kier alpha value is -0.730. The predicted molar refractivity (Wildman–Crippen MR) is 80.6 cm³/mol. The Morgan fingerprint density at radius 1 is 1.32 bits per heavy atom. The zero-order chi connectivity index (χ0) is 16.2. The molecule has 0 aromatic heterocycles. The Kier molecular flexibility index (Phi) is 6.17. The van der Waals surface area contributed by atoms with Crippen molar-refractivity contribution in [2.75, 3.05) is 46.6 Å². The van der Waals surface area contributed by atoms with Gasteiger partial charge in [0.05, 0.1) is 25.9 Å². The Balaban J connectivity index is 1.87. The lowest BCUT2D eigenvalue weighted by Gasteiger charge is -2.29. The van der Waals surface area contributed by atoms with E-state index in [1.807, 2.05) is 13.8 Å². The maximum Gasteiger partial charge on any atom is 0.216 e. The molecule has 2 saturated heterocycles. The molecule has 0 bridgehead atoms. The summed E-state index contributed by atoms with van der Waals surface area (Å²) in [7, 11) is 1.66. The first-order valence-corrected chi connectivity index (χ1v) is 7.84. The minimum Gasteiger partial charge on any atom is -0.382 e. The molecule has 1 amide bonds. The van der Waals surface area contributed by atoms with Gasteiger partial charge in [-0.3, -0.25) is 9.69 Å². The van der Waals surface area contributed by atoms with Crippen LogP contribution in [0, 0.1) is 0 Å². The zero-order valence-electron chi connectivity index (χ0n) is 14.0.